The molecule has 6 heteroatoms. The Bertz CT molecular complexity index is 1180. The van der Waals surface area contributed by atoms with E-state index in [1.807, 2.05) is 0 Å². The maximum atomic E-state index is 12.8. The third-order valence-electron chi connectivity index (χ3n) is 10.9. The van der Waals surface area contributed by atoms with Crippen LogP contribution in [0.2, 0.25) is 0 Å². The lowest BCUT2D eigenvalue weighted by Crippen LogP contribution is -2.30. The first-order valence-corrected chi connectivity index (χ1v) is 26.0. The second-order valence-electron chi connectivity index (χ2n) is 17.1. The Morgan fingerprint density at radius 3 is 1.06 bits per heavy atom. The van der Waals surface area contributed by atoms with Crippen molar-refractivity contribution < 1.29 is 28.6 Å². The molecule has 0 radical (unpaired) electrons. The van der Waals surface area contributed by atoms with Crippen LogP contribution >= 0.6 is 0 Å². The third kappa shape index (κ3) is 47.9. The molecule has 1 atom stereocenters. The first kappa shape index (κ1) is 58.9. The van der Waals surface area contributed by atoms with Crippen LogP contribution in [0, 0.1) is 0 Å². The van der Waals surface area contributed by atoms with Gasteiger partial charge in [-0.15, -0.1) is 0 Å². The molecule has 356 valence electrons. The molecule has 0 aromatic rings. The summed E-state index contributed by atoms with van der Waals surface area (Å²) in [6, 6.07) is 0. The summed E-state index contributed by atoms with van der Waals surface area (Å²) in [6.45, 7) is 6.44. The molecule has 0 aliphatic heterocycles. The van der Waals surface area contributed by atoms with Crippen molar-refractivity contribution in [1.29, 1.82) is 0 Å². The molecular formula is C56H96O6. The largest absolute Gasteiger partial charge is 0.462 e. The Balaban J connectivity index is 4.41. The number of allylic oxidation sites excluding steroid dienone is 12. The summed E-state index contributed by atoms with van der Waals surface area (Å²) in [5, 5.41) is 0. The van der Waals surface area contributed by atoms with E-state index in [1.165, 1.54) is 89.9 Å². The van der Waals surface area contributed by atoms with E-state index in [9.17, 15) is 14.4 Å². The predicted molar refractivity (Wildman–Crippen MR) is 265 cm³/mol. The van der Waals surface area contributed by atoms with E-state index < -0.39 is 6.10 Å². The number of esters is 3. The van der Waals surface area contributed by atoms with Gasteiger partial charge in [0.15, 0.2) is 6.10 Å². The highest BCUT2D eigenvalue weighted by Gasteiger charge is 2.19. The molecule has 0 aromatic carbocycles. The molecular weight excluding hydrogens is 769 g/mol. The Labute approximate surface area is 382 Å². The zero-order valence-corrected chi connectivity index (χ0v) is 40.6. The van der Waals surface area contributed by atoms with Crippen LogP contribution in [0.5, 0.6) is 0 Å². The van der Waals surface area contributed by atoms with Gasteiger partial charge in [0.25, 0.3) is 0 Å². The summed E-state index contributed by atoms with van der Waals surface area (Å²) in [5.74, 6) is -0.922. The van der Waals surface area contributed by atoms with Crippen LogP contribution < -0.4 is 0 Å². The normalized spacial score (nSPS) is 12.6. The molecule has 0 spiro atoms. The van der Waals surface area contributed by atoms with Gasteiger partial charge in [-0.1, -0.05) is 196 Å². The van der Waals surface area contributed by atoms with Crippen molar-refractivity contribution in [2.24, 2.45) is 0 Å². The molecule has 0 aromatic heterocycles. The summed E-state index contributed by atoms with van der Waals surface area (Å²) < 4.78 is 16.8. The summed E-state index contributed by atoms with van der Waals surface area (Å²) in [5.41, 5.74) is 0. The van der Waals surface area contributed by atoms with Gasteiger partial charge in [-0.05, 0) is 103 Å². The number of carbonyl (C=O) groups excluding carboxylic acids is 3. The molecule has 0 aliphatic carbocycles. The molecule has 0 saturated heterocycles. The number of hydrogen-bond acceptors (Lipinski definition) is 6. The van der Waals surface area contributed by atoms with Crippen LogP contribution in [0.1, 0.15) is 245 Å². The molecule has 0 heterocycles. The number of hydrogen-bond donors (Lipinski definition) is 0. The van der Waals surface area contributed by atoms with Gasteiger partial charge in [-0.25, -0.2) is 0 Å². The molecule has 62 heavy (non-hydrogen) atoms. The second-order valence-corrected chi connectivity index (χ2v) is 17.1. The average molecular weight is 865 g/mol. The Morgan fingerprint density at radius 2 is 0.677 bits per heavy atom. The molecule has 0 amide bonds. The minimum Gasteiger partial charge on any atom is -0.462 e. The van der Waals surface area contributed by atoms with E-state index in [-0.39, 0.29) is 31.1 Å². The fourth-order valence-corrected chi connectivity index (χ4v) is 7.03. The van der Waals surface area contributed by atoms with Crippen molar-refractivity contribution in [3.63, 3.8) is 0 Å². The lowest BCUT2D eigenvalue weighted by molar-refractivity contribution is -0.167. The van der Waals surface area contributed by atoms with E-state index in [1.54, 1.807) is 0 Å². The number of unbranched alkanes of at least 4 members (excludes halogenated alkanes) is 24. The average Bonchev–Trinajstić information content (AvgIpc) is 3.27. The van der Waals surface area contributed by atoms with Crippen LogP contribution in [-0.2, 0) is 28.6 Å². The van der Waals surface area contributed by atoms with Gasteiger partial charge in [0.1, 0.15) is 13.2 Å². The zero-order chi connectivity index (χ0) is 45.1. The first-order chi connectivity index (χ1) is 30.5. The van der Waals surface area contributed by atoms with Gasteiger partial charge in [0.2, 0.25) is 0 Å². The SMILES string of the molecule is CC/C=C\C/C=C\CCCCCCCC(=O)OCC(COC(=O)CCCCCCCCC/C=C\C/C=C\CCCCC)OC(=O)CCCCCCCC/C=C\C=C/CCCCC. The third-order valence-corrected chi connectivity index (χ3v) is 10.9. The molecule has 0 aliphatic rings. The summed E-state index contributed by atoms with van der Waals surface area (Å²) >= 11 is 0. The molecule has 0 fully saturated rings. The monoisotopic (exact) mass is 865 g/mol. The summed E-state index contributed by atoms with van der Waals surface area (Å²) in [7, 11) is 0. The van der Waals surface area contributed by atoms with E-state index in [4.69, 9.17) is 14.2 Å². The highest BCUT2D eigenvalue weighted by atomic mass is 16.6. The van der Waals surface area contributed by atoms with Gasteiger partial charge in [0, 0.05) is 19.3 Å². The van der Waals surface area contributed by atoms with Gasteiger partial charge in [0.05, 0.1) is 0 Å². The maximum absolute atomic E-state index is 12.8. The number of rotatable bonds is 46. The van der Waals surface area contributed by atoms with Gasteiger partial charge >= 0.3 is 17.9 Å². The molecule has 0 bridgehead atoms. The quantitative estimate of drug-likeness (QED) is 0.0199. The number of ether oxygens (including phenoxy) is 3. The van der Waals surface area contributed by atoms with Crippen LogP contribution in [0.15, 0.2) is 72.9 Å². The van der Waals surface area contributed by atoms with Gasteiger partial charge < -0.3 is 14.2 Å². The molecule has 6 nitrogen and oxygen atoms in total. The van der Waals surface area contributed by atoms with Crippen molar-refractivity contribution in [2.45, 2.75) is 252 Å². The Morgan fingerprint density at radius 1 is 0.355 bits per heavy atom. The van der Waals surface area contributed by atoms with Crippen LogP contribution in [0.3, 0.4) is 0 Å². The summed E-state index contributed by atoms with van der Waals surface area (Å²) in [6.07, 6.45) is 63.1. The highest BCUT2D eigenvalue weighted by Crippen LogP contribution is 2.14. The van der Waals surface area contributed by atoms with Crippen molar-refractivity contribution >= 4 is 17.9 Å². The molecule has 0 N–H and O–H groups in total. The van der Waals surface area contributed by atoms with E-state index in [2.05, 4.69) is 93.7 Å². The molecule has 0 rings (SSSR count). The van der Waals surface area contributed by atoms with Crippen LogP contribution in [0.25, 0.3) is 0 Å². The van der Waals surface area contributed by atoms with Crippen LogP contribution in [-0.4, -0.2) is 37.2 Å². The van der Waals surface area contributed by atoms with Gasteiger partial charge in [-0.2, -0.15) is 0 Å². The fraction of sp³-hybridized carbons (Fsp3) is 0.732. The number of carbonyl (C=O) groups is 3. The van der Waals surface area contributed by atoms with E-state index >= 15 is 0 Å². The lowest BCUT2D eigenvalue weighted by atomic mass is 10.1. The molecule has 0 saturated carbocycles. The lowest BCUT2D eigenvalue weighted by Gasteiger charge is -2.18. The van der Waals surface area contributed by atoms with E-state index in [0.29, 0.717) is 19.3 Å². The maximum Gasteiger partial charge on any atom is 0.306 e. The van der Waals surface area contributed by atoms with Crippen molar-refractivity contribution in [2.75, 3.05) is 13.2 Å². The van der Waals surface area contributed by atoms with Crippen molar-refractivity contribution in [3.8, 4) is 0 Å². The first-order valence-electron chi connectivity index (χ1n) is 26.0. The van der Waals surface area contributed by atoms with Crippen LogP contribution in [0.4, 0.5) is 0 Å². The predicted octanol–water partition coefficient (Wildman–Crippen LogP) is 17.0. The minimum absolute atomic E-state index is 0.0893. The van der Waals surface area contributed by atoms with E-state index in [0.717, 1.165) is 116 Å². The Hall–Kier alpha value is -3.15. The second kappa shape index (κ2) is 50.5. The van der Waals surface area contributed by atoms with Crippen molar-refractivity contribution in [3.05, 3.63) is 72.9 Å². The fourth-order valence-electron chi connectivity index (χ4n) is 7.03. The highest BCUT2D eigenvalue weighted by molar-refractivity contribution is 5.71. The Kier molecular flexibility index (Phi) is 47.9. The smallest absolute Gasteiger partial charge is 0.306 e. The van der Waals surface area contributed by atoms with Crippen molar-refractivity contribution in [1.82, 2.24) is 0 Å². The minimum atomic E-state index is -0.790. The summed E-state index contributed by atoms with van der Waals surface area (Å²) in [4.78, 5) is 38.0. The topological polar surface area (TPSA) is 78.9 Å². The zero-order valence-electron chi connectivity index (χ0n) is 40.6. The van der Waals surface area contributed by atoms with Gasteiger partial charge in [-0.3, -0.25) is 14.4 Å². The standard InChI is InChI=1S/C56H96O6/c1-4-7-10-13-16-19-22-25-27-28-30-31-34-37-40-43-46-49-55(58)61-52-53(51-60-54(57)48-45-42-39-36-33-24-21-18-15-12-9-6-3)62-56(59)50-47-44-41-38-35-32-29-26-23-20-17-14-11-8-5-2/h9,12,16-21,23,25-27,53H,4-8,10-11,13-15,22,24,28-52H2,1-3H3/b12-9-,19-16-,20-17-,21-18-,26-23-,27-25-. The molecule has 1 unspecified atom stereocenters.